The van der Waals surface area contributed by atoms with Gasteiger partial charge in [-0.2, -0.15) is 0 Å². The maximum atomic E-state index is 13.9. The average Bonchev–Trinajstić information content (AvgIpc) is 3.10. The van der Waals surface area contributed by atoms with E-state index in [1.165, 1.54) is 28.5 Å². The fourth-order valence-electron chi connectivity index (χ4n) is 3.12. The highest BCUT2D eigenvalue weighted by Crippen LogP contribution is 2.28. The molecular weight excluding hydrogens is 335 g/mol. The van der Waals surface area contributed by atoms with Gasteiger partial charge in [-0.1, -0.05) is 36.4 Å². The topological polar surface area (TPSA) is 33.2 Å². The number of carbonyl (C=O) groups is 1. The Bertz CT molecular complexity index is 921. The highest BCUT2D eigenvalue weighted by molar-refractivity contribution is 7.15. The molecule has 5 heteroatoms. The Morgan fingerprint density at radius 3 is 2.72 bits per heavy atom. The first-order chi connectivity index (χ1) is 12.2. The number of thiazole rings is 1. The summed E-state index contributed by atoms with van der Waals surface area (Å²) in [5.74, 6) is -0.194. The van der Waals surface area contributed by atoms with Crippen LogP contribution in [0.25, 0.3) is 10.6 Å². The third-order valence-corrected chi connectivity index (χ3v) is 5.50. The van der Waals surface area contributed by atoms with Crippen molar-refractivity contribution in [3.8, 4) is 10.6 Å². The van der Waals surface area contributed by atoms with Gasteiger partial charge in [-0.3, -0.25) is 4.79 Å². The first-order valence-corrected chi connectivity index (χ1v) is 9.06. The second-order valence-electron chi connectivity index (χ2n) is 6.12. The molecule has 3 nitrogen and oxygen atoms in total. The Morgan fingerprint density at radius 1 is 1.12 bits per heavy atom. The van der Waals surface area contributed by atoms with Gasteiger partial charge in [0.1, 0.15) is 10.8 Å². The van der Waals surface area contributed by atoms with Gasteiger partial charge < -0.3 is 4.90 Å². The summed E-state index contributed by atoms with van der Waals surface area (Å²) in [4.78, 5) is 19.7. The van der Waals surface area contributed by atoms with Crippen LogP contribution in [0.5, 0.6) is 0 Å². The molecule has 1 aromatic heterocycles. The second-order valence-corrected chi connectivity index (χ2v) is 7.24. The molecule has 0 aliphatic carbocycles. The van der Waals surface area contributed by atoms with Gasteiger partial charge in [-0.25, -0.2) is 9.37 Å². The van der Waals surface area contributed by atoms with Crippen LogP contribution in [0.3, 0.4) is 0 Å². The van der Waals surface area contributed by atoms with Crippen LogP contribution < -0.4 is 0 Å². The molecule has 0 unspecified atom stereocenters. The lowest BCUT2D eigenvalue weighted by Gasteiger charge is -2.28. The van der Waals surface area contributed by atoms with Crippen LogP contribution in [0, 0.1) is 5.82 Å². The number of fused-ring (bicyclic) bond motifs is 1. The number of hydrogen-bond acceptors (Lipinski definition) is 3. The molecule has 0 bridgehead atoms. The number of aromatic nitrogens is 1. The Hall–Kier alpha value is -2.53. The molecule has 0 radical (unpaired) electrons. The molecule has 25 heavy (non-hydrogen) atoms. The molecule has 0 N–H and O–H groups in total. The Labute approximate surface area is 149 Å². The van der Waals surface area contributed by atoms with Crippen molar-refractivity contribution in [3.63, 3.8) is 0 Å². The van der Waals surface area contributed by atoms with E-state index in [1.54, 1.807) is 24.4 Å². The van der Waals surface area contributed by atoms with Crippen molar-refractivity contribution in [2.24, 2.45) is 0 Å². The molecule has 1 aliphatic rings. The van der Waals surface area contributed by atoms with Gasteiger partial charge >= 0.3 is 0 Å². The predicted octanol–water partition coefficient (Wildman–Crippen LogP) is 4.08. The summed E-state index contributed by atoms with van der Waals surface area (Å²) in [6, 6.07) is 14.8. The van der Waals surface area contributed by atoms with E-state index in [0.717, 1.165) is 17.8 Å². The minimum atomic E-state index is -0.289. The molecule has 0 spiro atoms. The van der Waals surface area contributed by atoms with Crippen LogP contribution in [-0.2, 0) is 24.2 Å². The summed E-state index contributed by atoms with van der Waals surface area (Å²) in [6.07, 6.45) is 2.89. The SMILES string of the molecule is O=C(Cc1cnc(-c2ccccc2F)s1)N1CCc2ccccc2C1. The lowest BCUT2D eigenvalue weighted by Crippen LogP contribution is -2.36. The summed E-state index contributed by atoms with van der Waals surface area (Å²) < 4.78 is 13.9. The molecule has 126 valence electrons. The van der Waals surface area contributed by atoms with Gasteiger partial charge in [0.25, 0.3) is 0 Å². The van der Waals surface area contributed by atoms with Crippen LogP contribution in [0.2, 0.25) is 0 Å². The van der Waals surface area contributed by atoms with Crippen molar-refractivity contribution < 1.29 is 9.18 Å². The van der Waals surface area contributed by atoms with Gasteiger partial charge in [0.15, 0.2) is 0 Å². The van der Waals surface area contributed by atoms with Crippen molar-refractivity contribution >= 4 is 17.2 Å². The molecule has 2 aromatic carbocycles. The first kappa shape index (κ1) is 16.0. The molecule has 4 rings (SSSR count). The van der Waals surface area contributed by atoms with Crippen LogP contribution in [0.15, 0.2) is 54.7 Å². The van der Waals surface area contributed by atoms with E-state index in [4.69, 9.17) is 0 Å². The summed E-state index contributed by atoms with van der Waals surface area (Å²) in [6.45, 7) is 1.41. The van der Waals surface area contributed by atoms with E-state index >= 15 is 0 Å². The van der Waals surface area contributed by atoms with Crippen molar-refractivity contribution in [3.05, 3.63) is 76.5 Å². The zero-order valence-corrected chi connectivity index (χ0v) is 14.4. The number of nitrogens with zero attached hydrogens (tertiary/aromatic N) is 2. The number of amides is 1. The molecule has 1 aliphatic heterocycles. The molecule has 0 saturated heterocycles. The Morgan fingerprint density at radius 2 is 1.88 bits per heavy atom. The van der Waals surface area contributed by atoms with Crippen molar-refractivity contribution in [2.75, 3.05) is 6.54 Å². The fourth-order valence-corrected chi connectivity index (χ4v) is 4.05. The van der Waals surface area contributed by atoms with Crippen molar-refractivity contribution in [2.45, 2.75) is 19.4 Å². The molecule has 0 saturated carbocycles. The van der Waals surface area contributed by atoms with Gasteiger partial charge in [0, 0.05) is 29.7 Å². The zero-order valence-electron chi connectivity index (χ0n) is 13.6. The number of benzene rings is 2. The highest BCUT2D eigenvalue weighted by Gasteiger charge is 2.21. The normalized spacial score (nSPS) is 13.6. The van der Waals surface area contributed by atoms with Gasteiger partial charge in [-0.15, -0.1) is 11.3 Å². The molecule has 0 fully saturated rings. The van der Waals surface area contributed by atoms with Gasteiger partial charge in [-0.05, 0) is 29.7 Å². The van der Waals surface area contributed by atoms with Crippen LogP contribution >= 0.6 is 11.3 Å². The smallest absolute Gasteiger partial charge is 0.228 e. The lowest BCUT2D eigenvalue weighted by atomic mass is 10.00. The Balaban J connectivity index is 1.47. The van der Waals surface area contributed by atoms with E-state index in [-0.39, 0.29) is 11.7 Å². The second kappa shape index (κ2) is 6.76. The number of halogens is 1. The van der Waals surface area contributed by atoms with Crippen LogP contribution in [-0.4, -0.2) is 22.3 Å². The number of carbonyl (C=O) groups excluding carboxylic acids is 1. The first-order valence-electron chi connectivity index (χ1n) is 8.25. The lowest BCUT2D eigenvalue weighted by molar-refractivity contribution is -0.131. The number of hydrogen-bond donors (Lipinski definition) is 0. The predicted molar refractivity (Wildman–Crippen MR) is 96.8 cm³/mol. The minimum Gasteiger partial charge on any atom is -0.338 e. The van der Waals surface area contributed by atoms with Gasteiger partial charge in [0.05, 0.1) is 6.42 Å². The summed E-state index contributed by atoms with van der Waals surface area (Å²) in [7, 11) is 0. The molecule has 3 aromatic rings. The maximum Gasteiger partial charge on any atom is 0.228 e. The van der Waals surface area contributed by atoms with E-state index in [0.29, 0.717) is 23.5 Å². The minimum absolute atomic E-state index is 0.0956. The molecule has 1 amide bonds. The fraction of sp³-hybridized carbons (Fsp3) is 0.200. The standard InChI is InChI=1S/C20H17FN2OS/c21-18-8-4-3-7-17(18)20-22-12-16(25-20)11-19(24)23-10-9-14-5-1-2-6-15(14)13-23/h1-8,12H,9-11,13H2. The van der Waals surface area contributed by atoms with Crippen LogP contribution in [0.1, 0.15) is 16.0 Å². The number of rotatable bonds is 3. The average molecular weight is 352 g/mol. The van der Waals surface area contributed by atoms with E-state index in [9.17, 15) is 9.18 Å². The van der Waals surface area contributed by atoms with E-state index in [2.05, 4.69) is 17.1 Å². The quantitative estimate of drug-likeness (QED) is 0.712. The third kappa shape index (κ3) is 3.33. The van der Waals surface area contributed by atoms with Crippen LogP contribution in [0.4, 0.5) is 4.39 Å². The summed E-state index contributed by atoms with van der Waals surface area (Å²) >= 11 is 1.38. The largest absolute Gasteiger partial charge is 0.338 e. The van der Waals surface area contributed by atoms with Crippen molar-refractivity contribution in [1.82, 2.24) is 9.88 Å². The molecule has 0 atom stereocenters. The monoisotopic (exact) mass is 352 g/mol. The highest BCUT2D eigenvalue weighted by atomic mass is 32.1. The summed E-state index contributed by atoms with van der Waals surface area (Å²) in [5.41, 5.74) is 3.03. The van der Waals surface area contributed by atoms with Crippen molar-refractivity contribution in [1.29, 1.82) is 0 Å². The van der Waals surface area contributed by atoms with E-state index in [1.807, 2.05) is 17.0 Å². The maximum absolute atomic E-state index is 13.9. The summed E-state index contributed by atoms with van der Waals surface area (Å²) in [5, 5.41) is 0.616. The molecule has 2 heterocycles. The zero-order chi connectivity index (χ0) is 17.2. The Kier molecular flexibility index (Phi) is 4.32. The third-order valence-electron chi connectivity index (χ3n) is 4.47. The molecular formula is C20H17FN2OS. The van der Waals surface area contributed by atoms with Gasteiger partial charge in [0.2, 0.25) is 5.91 Å². The van der Waals surface area contributed by atoms with E-state index < -0.39 is 0 Å².